The standard InChI is InChI=1S/C14H18N4O2S/c1-3-7-16-13-6-8-15-10-14(13)21(19,20)18-12-5-4-11(2)17-9-12/h4-6,8-10,18H,3,7H2,1-2H3,(H,15,16). The van der Waals surface area contributed by atoms with Crippen molar-refractivity contribution in [2.24, 2.45) is 0 Å². The van der Waals surface area contributed by atoms with Crippen LogP contribution in [0.25, 0.3) is 0 Å². The molecule has 0 aliphatic carbocycles. The van der Waals surface area contributed by atoms with Gasteiger partial charge < -0.3 is 5.32 Å². The van der Waals surface area contributed by atoms with Crippen molar-refractivity contribution < 1.29 is 8.42 Å². The summed E-state index contributed by atoms with van der Waals surface area (Å²) in [6.07, 6.45) is 5.28. The zero-order valence-electron chi connectivity index (χ0n) is 12.0. The number of rotatable bonds is 6. The van der Waals surface area contributed by atoms with Crippen molar-refractivity contribution >= 4 is 21.4 Å². The molecule has 0 unspecified atom stereocenters. The second-order valence-corrected chi connectivity index (χ2v) is 6.24. The number of hydrogen-bond donors (Lipinski definition) is 2. The normalized spacial score (nSPS) is 11.1. The molecule has 6 nitrogen and oxygen atoms in total. The highest BCUT2D eigenvalue weighted by molar-refractivity contribution is 7.92. The summed E-state index contributed by atoms with van der Waals surface area (Å²) in [5.41, 5.74) is 1.79. The minimum absolute atomic E-state index is 0.124. The predicted molar refractivity (Wildman–Crippen MR) is 82.8 cm³/mol. The minimum atomic E-state index is -3.70. The molecule has 2 rings (SSSR count). The van der Waals surface area contributed by atoms with E-state index in [-0.39, 0.29) is 4.90 Å². The number of sulfonamides is 1. The van der Waals surface area contributed by atoms with Gasteiger partial charge in [-0.05, 0) is 31.5 Å². The third-order valence-corrected chi connectivity index (χ3v) is 4.21. The van der Waals surface area contributed by atoms with E-state index in [1.54, 1.807) is 24.4 Å². The Morgan fingerprint density at radius 3 is 2.67 bits per heavy atom. The maximum atomic E-state index is 12.5. The maximum Gasteiger partial charge on any atom is 0.265 e. The fourth-order valence-corrected chi connectivity index (χ4v) is 2.91. The molecule has 7 heteroatoms. The minimum Gasteiger partial charge on any atom is -0.384 e. The maximum absolute atomic E-state index is 12.5. The molecule has 0 aliphatic heterocycles. The van der Waals surface area contributed by atoms with Gasteiger partial charge in [0.1, 0.15) is 4.90 Å². The van der Waals surface area contributed by atoms with E-state index in [1.165, 1.54) is 12.4 Å². The van der Waals surface area contributed by atoms with Gasteiger partial charge in [0.05, 0.1) is 17.6 Å². The van der Waals surface area contributed by atoms with E-state index in [4.69, 9.17) is 0 Å². The van der Waals surface area contributed by atoms with Gasteiger partial charge in [-0.2, -0.15) is 0 Å². The fraction of sp³-hybridized carbons (Fsp3) is 0.286. The van der Waals surface area contributed by atoms with E-state index < -0.39 is 10.0 Å². The number of anilines is 2. The summed E-state index contributed by atoms with van der Waals surface area (Å²) < 4.78 is 27.4. The van der Waals surface area contributed by atoms with Crippen LogP contribution in [0.3, 0.4) is 0 Å². The number of aromatic nitrogens is 2. The fourth-order valence-electron chi connectivity index (χ4n) is 1.74. The van der Waals surface area contributed by atoms with Gasteiger partial charge in [-0.15, -0.1) is 0 Å². The van der Waals surface area contributed by atoms with Gasteiger partial charge in [0.25, 0.3) is 10.0 Å². The van der Waals surface area contributed by atoms with Gasteiger partial charge in [-0.3, -0.25) is 14.7 Å². The van der Waals surface area contributed by atoms with Crippen LogP contribution >= 0.6 is 0 Å². The highest BCUT2D eigenvalue weighted by atomic mass is 32.2. The molecule has 0 aromatic carbocycles. The highest BCUT2D eigenvalue weighted by Gasteiger charge is 2.19. The molecule has 2 heterocycles. The Balaban J connectivity index is 2.29. The van der Waals surface area contributed by atoms with Crippen LogP contribution in [-0.2, 0) is 10.0 Å². The zero-order valence-corrected chi connectivity index (χ0v) is 12.8. The van der Waals surface area contributed by atoms with Crippen molar-refractivity contribution in [2.75, 3.05) is 16.6 Å². The first-order valence-electron chi connectivity index (χ1n) is 6.66. The largest absolute Gasteiger partial charge is 0.384 e. The molecule has 2 aromatic heterocycles. The third kappa shape index (κ3) is 3.91. The highest BCUT2D eigenvalue weighted by Crippen LogP contribution is 2.22. The second-order valence-electron chi connectivity index (χ2n) is 4.59. The van der Waals surface area contributed by atoms with Crippen LogP contribution in [0, 0.1) is 6.92 Å². The van der Waals surface area contributed by atoms with E-state index in [9.17, 15) is 8.42 Å². The number of hydrogen-bond acceptors (Lipinski definition) is 5. The molecule has 0 saturated carbocycles. The van der Waals surface area contributed by atoms with Crippen LogP contribution in [0.5, 0.6) is 0 Å². The van der Waals surface area contributed by atoms with E-state index >= 15 is 0 Å². The Bertz CT molecular complexity index is 699. The molecule has 0 atom stereocenters. The van der Waals surface area contributed by atoms with Crippen molar-refractivity contribution in [3.05, 3.63) is 42.5 Å². The molecule has 2 aromatic rings. The van der Waals surface area contributed by atoms with E-state index in [2.05, 4.69) is 20.0 Å². The SMILES string of the molecule is CCCNc1ccncc1S(=O)(=O)Nc1ccc(C)nc1. The van der Waals surface area contributed by atoms with Crippen molar-refractivity contribution in [1.29, 1.82) is 0 Å². The van der Waals surface area contributed by atoms with E-state index in [0.29, 0.717) is 17.9 Å². The summed E-state index contributed by atoms with van der Waals surface area (Å²) in [7, 11) is -3.70. The number of nitrogens with zero attached hydrogens (tertiary/aromatic N) is 2. The number of nitrogens with one attached hydrogen (secondary N) is 2. The summed E-state index contributed by atoms with van der Waals surface area (Å²) in [6.45, 7) is 4.55. The van der Waals surface area contributed by atoms with E-state index in [1.807, 2.05) is 13.8 Å². The van der Waals surface area contributed by atoms with E-state index in [0.717, 1.165) is 12.1 Å². The van der Waals surface area contributed by atoms with Crippen molar-refractivity contribution in [2.45, 2.75) is 25.2 Å². The first kappa shape index (κ1) is 15.2. The smallest absolute Gasteiger partial charge is 0.265 e. The van der Waals surface area contributed by atoms with Gasteiger partial charge in [0.2, 0.25) is 0 Å². The summed E-state index contributed by atoms with van der Waals surface area (Å²) in [5.74, 6) is 0. The van der Waals surface area contributed by atoms with Crippen molar-refractivity contribution in [3.8, 4) is 0 Å². The summed E-state index contributed by atoms with van der Waals surface area (Å²) in [4.78, 5) is 8.10. The Morgan fingerprint density at radius 2 is 2.00 bits per heavy atom. The first-order chi connectivity index (χ1) is 10.0. The number of pyridine rings is 2. The van der Waals surface area contributed by atoms with Gasteiger partial charge in [0, 0.05) is 24.6 Å². The summed E-state index contributed by atoms with van der Waals surface area (Å²) in [6, 6.07) is 5.07. The lowest BCUT2D eigenvalue weighted by atomic mass is 10.4. The summed E-state index contributed by atoms with van der Waals surface area (Å²) in [5, 5.41) is 3.09. The topological polar surface area (TPSA) is 84.0 Å². The zero-order chi connectivity index (χ0) is 15.3. The van der Waals surface area contributed by atoms with Gasteiger partial charge in [-0.1, -0.05) is 6.92 Å². The van der Waals surface area contributed by atoms with Crippen LogP contribution in [0.2, 0.25) is 0 Å². The second kappa shape index (κ2) is 6.53. The molecule has 2 N–H and O–H groups in total. The Kier molecular flexibility index (Phi) is 4.74. The van der Waals surface area contributed by atoms with Crippen LogP contribution in [-0.4, -0.2) is 24.9 Å². The number of aryl methyl sites for hydroxylation is 1. The quantitative estimate of drug-likeness (QED) is 0.856. The van der Waals surface area contributed by atoms with Gasteiger partial charge >= 0.3 is 0 Å². The molecule has 21 heavy (non-hydrogen) atoms. The molecule has 0 spiro atoms. The average molecular weight is 306 g/mol. The van der Waals surface area contributed by atoms with Crippen LogP contribution in [0.15, 0.2) is 41.7 Å². The van der Waals surface area contributed by atoms with Crippen LogP contribution in [0.1, 0.15) is 19.0 Å². The van der Waals surface area contributed by atoms with Crippen molar-refractivity contribution in [1.82, 2.24) is 9.97 Å². The molecular formula is C14H18N4O2S. The molecule has 112 valence electrons. The Hall–Kier alpha value is -2.15. The lowest BCUT2D eigenvalue weighted by molar-refractivity contribution is 0.601. The van der Waals surface area contributed by atoms with Crippen LogP contribution in [0.4, 0.5) is 11.4 Å². The Labute approximate surface area is 124 Å². The molecule has 0 amide bonds. The van der Waals surface area contributed by atoms with Crippen LogP contribution < -0.4 is 10.0 Å². The Morgan fingerprint density at radius 1 is 1.19 bits per heavy atom. The molecule has 0 aliphatic rings. The predicted octanol–water partition coefficient (Wildman–Crippen LogP) is 2.41. The average Bonchev–Trinajstić information content (AvgIpc) is 2.47. The molecule has 0 bridgehead atoms. The molecular weight excluding hydrogens is 288 g/mol. The monoisotopic (exact) mass is 306 g/mol. The lowest BCUT2D eigenvalue weighted by Crippen LogP contribution is -2.16. The first-order valence-corrected chi connectivity index (χ1v) is 8.14. The van der Waals surface area contributed by atoms with Gasteiger partial charge in [-0.25, -0.2) is 8.42 Å². The van der Waals surface area contributed by atoms with Crippen molar-refractivity contribution in [3.63, 3.8) is 0 Å². The third-order valence-electron chi connectivity index (χ3n) is 2.80. The molecule has 0 fully saturated rings. The lowest BCUT2D eigenvalue weighted by Gasteiger charge is -2.12. The van der Waals surface area contributed by atoms with Gasteiger partial charge in [0.15, 0.2) is 0 Å². The molecule has 0 saturated heterocycles. The molecule has 0 radical (unpaired) electrons. The summed E-state index contributed by atoms with van der Waals surface area (Å²) >= 11 is 0.